The lowest BCUT2D eigenvalue weighted by atomic mass is 10.2. The zero-order valence-electron chi connectivity index (χ0n) is 9.54. The summed E-state index contributed by atoms with van der Waals surface area (Å²) in [7, 11) is 0. The van der Waals surface area contributed by atoms with Gasteiger partial charge in [-0.15, -0.1) is 0 Å². The minimum atomic E-state index is -4.42. The zero-order valence-corrected chi connectivity index (χ0v) is 11.9. The number of nitrogen functional groups attached to an aromatic ring is 1. The molecule has 0 saturated carbocycles. The molecule has 0 unspecified atom stereocenters. The molecule has 19 heavy (non-hydrogen) atoms. The van der Waals surface area contributed by atoms with E-state index in [-0.39, 0.29) is 10.6 Å². The fraction of sp³-hybridized carbons (Fsp3) is 0.0769. The van der Waals surface area contributed by atoms with Gasteiger partial charge >= 0.3 is 6.18 Å². The average molecular weight is 348 g/mol. The van der Waals surface area contributed by atoms with Crippen LogP contribution < -0.4 is 5.73 Å². The molecule has 0 aliphatic heterocycles. The lowest BCUT2D eigenvalue weighted by Crippen LogP contribution is -2.07. The Morgan fingerprint density at radius 2 is 1.68 bits per heavy atom. The van der Waals surface area contributed by atoms with Crippen molar-refractivity contribution in [1.82, 2.24) is 0 Å². The molecule has 0 amide bonds. The molecule has 2 N–H and O–H groups in total. The maximum absolute atomic E-state index is 13.0. The van der Waals surface area contributed by atoms with Crippen molar-refractivity contribution in [2.45, 2.75) is 16.0 Å². The second-order valence-corrected chi connectivity index (χ2v) is 5.72. The van der Waals surface area contributed by atoms with Crippen LogP contribution in [0.25, 0.3) is 0 Å². The molecule has 0 bridgehead atoms. The summed E-state index contributed by atoms with van der Waals surface area (Å²) in [6.45, 7) is 0. The van der Waals surface area contributed by atoms with Crippen LogP contribution in [0.5, 0.6) is 0 Å². The number of anilines is 1. The molecule has 1 nitrogen and oxygen atoms in total. The molecule has 0 aromatic heterocycles. The Morgan fingerprint density at radius 1 is 1.00 bits per heavy atom. The minimum Gasteiger partial charge on any atom is -0.399 e. The summed E-state index contributed by atoms with van der Waals surface area (Å²) in [6, 6.07) is 10.9. The summed E-state index contributed by atoms with van der Waals surface area (Å²) in [4.78, 5) is 0.853. The van der Waals surface area contributed by atoms with Crippen molar-refractivity contribution in [3.8, 4) is 0 Å². The fourth-order valence-corrected chi connectivity index (χ4v) is 3.00. The third-order valence-electron chi connectivity index (χ3n) is 2.37. The first-order valence-electron chi connectivity index (χ1n) is 5.27. The SMILES string of the molecule is Nc1ccc(Sc2ccccc2Br)c(C(F)(F)F)c1. The summed E-state index contributed by atoms with van der Waals surface area (Å²) < 4.78 is 39.6. The summed E-state index contributed by atoms with van der Waals surface area (Å²) in [5.41, 5.74) is 4.82. The van der Waals surface area contributed by atoms with Gasteiger partial charge in [0.25, 0.3) is 0 Å². The maximum Gasteiger partial charge on any atom is 0.417 e. The van der Waals surface area contributed by atoms with Gasteiger partial charge in [-0.05, 0) is 46.3 Å². The Hall–Kier alpha value is -1.14. The number of nitrogens with two attached hydrogens (primary N) is 1. The highest BCUT2D eigenvalue weighted by Crippen LogP contribution is 2.42. The van der Waals surface area contributed by atoms with Gasteiger partial charge in [0.1, 0.15) is 0 Å². The monoisotopic (exact) mass is 347 g/mol. The molecule has 0 fully saturated rings. The first kappa shape index (κ1) is 14.3. The number of hydrogen-bond donors (Lipinski definition) is 1. The second kappa shape index (κ2) is 5.46. The van der Waals surface area contributed by atoms with Crippen LogP contribution >= 0.6 is 27.7 Å². The normalized spacial score (nSPS) is 11.6. The molecule has 6 heteroatoms. The standard InChI is InChI=1S/C13H9BrF3NS/c14-10-3-1-2-4-12(10)19-11-6-5-8(18)7-9(11)13(15,16)17/h1-7H,18H2. The number of hydrogen-bond acceptors (Lipinski definition) is 2. The molecule has 0 aliphatic carbocycles. The molecule has 0 atom stereocenters. The van der Waals surface area contributed by atoms with Crippen molar-refractivity contribution >= 4 is 33.4 Å². The van der Waals surface area contributed by atoms with Gasteiger partial charge in [0, 0.05) is 20.0 Å². The van der Waals surface area contributed by atoms with E-state index in [1.807, 2.05) is 6.07 Å². The Bertz CT molecular complexity index is 599. The van der Waals surface area contributed by atoms with Gasteiger partial charge < -0.3 is 5.73 Å². The molecular formula is C13H9BrF3NS. The molecular weight excluding hydrogens is 339 g/mol. The molecule has 2 aromatic carbocycles. The van der Waals surface area contributed by atoms with Gasteiger partial charge in [0.15, 0.2) is 0 Å². The van der Waals surface area contributed by atoms with Crippen LogP contribution in [-0.4, -0.2) is 0 Å². The summed E-state index contributed by atoms with van der Waals surface area (Å²) in [5.74, 6) is 0. The smallest absolute Gasteiger partial charge is 0.399 e. The summed E-state index contributed by atoms with van der Waals surface area (Å²) in [6.07, 6.45) is -4.42. The van der Waals surface area contributed by atoms with E-state index in [4.69, 9.17) is 5.73 Å². The van der Waals surface area contributed by atoms with Crippen molar-refractivity contribution in [2.24, 2.45) is 0 Å². The Labute approximate surface area is 121 Å². The number of halogens is 4. The Balaban J connectivity index is 2.44. The van der Waals surface area contributed by atoms with Gasteiger partial charge in [-0.1, -0.05) is 23.9 Å². The van der Waals surface area contributed by atoms with E-state index in [9.17, 15) is 13.2 Å². The van der Waals surface area contributed by atoms with Crippen molar-refractivity contribution in [1.29, 1.82) is 0 Å². The quantitative estimate of drug-likeness (QED) is 0.755. The van der Waals surface area contributed by atoms with E-state index in [0.717, 1.165) is 27.2 Å². The third-order valence-corrected chi connectivity index (χ3v) is 4.47. The highest BCUT2D eigenvalue weighted by atomic mass is 79.9. The summed E-state index contributed by atoms with van der Waals surface area (Å²) >= 11 is 4.37. The average Bonchev–Trinajstić information content (AvgIpc) is 2.33. The van der Waals surface area contributed by atoms with E-state index in [1.165, 1.54) is 12.1 Å². The van der Waals surface area contributed by atoms with Crippen LogP contribution in [0.15, 0.2) is 56.7 Å². The third kappa shape index (κ3) is 3.45. The maximum atomic E-state index is 13.0. The van der Waals surface area contributed by atoms with E-state index in [1.54, 1.807) is 18.2 Å². The van der Waals surface area contributed by atoms with Gasteiger partial charge in [-0.3, -0.25) is 0 Å². The zero-order chi connectivity index (χ0) is 14.0. The summed E-state index contributed by atoms with van der Waals surface area (Å²) in [5, 5.41) is 0. The Kier molecular flexibility index (Phi) is 4.10. The highest BCUT2D eigenvalue weighted by molar-refractivity contribution is 9.10. The van der Waals surface area contributed by atoms with Gasteiger partial charge in [0.05, 0.1) is 5.56 Å². The molecule has 2 rings (SSSR count). The molecule has 0 heterocycles. The van der Waals surface area contributed by atoms with E-state index >= 15 is 0 Å². The molecule has 0 saturated heterocycles. The second-order valence-electron chi connectivity index (χ2n) is 3.79. The van der Waals surface area contributed by atoms with Gasteiger partial charge in [-0.25, -0.2) is 0 Å². The molecule has 2 aromatic rings. The molecule has 100 valence electrons. The van der Waals surface area contributed by atoms with Crippen LogP contribution in [0.2, 0.25) is 0 Å². The number of alkyl halides is 3. The van der Waals surface area contributed by atoms with Gasteiger partial charge in [-0.2, -0.15) is 13.2 Å². The van der Waals surface area contributed by atoms with Crippen molar-refractivity contribution in [2.75, 3.05) is 5.73 Å². The van der Waals surface area contributed by atoms with Crippen LogP contribution in [0.4, 0.5) is 18.9 Å². The van der Waals surface area contributed by atoms with E-state index in [2.05, 4.69) is 15.9 Å². The van der Waals surface area contributed by atoms with Crippen LogP contribution in [0.3, 0.4) is 0 Å². The van der Waals surface area contributed by atoms with Crippen molar-refractivity contribution in [3.63, 3.8) is 0 Å². The minimum absolute atomic E-state index is 0.101. The van der Waals surface area contributed by atoms with Crippen LogP contribution in [0.1, 0.15) is 5.56 Å². The van der Waals surface area contributed by atoms with E-state index in [0.29, 0.717) is 0 Å². The first-order chi connectivity index (χ1) is 8.88. The van der Waals surface area contributed by atoms with Gasteiger partial charge in [0.2, 0.25) is 0 Å². The predicted molar refractivity (Wildman–Crippen MR) is 74.1 cm³/mol. The van der Waals surface area contributed by atoms with Crippen molar-refractivity contribution < 1.29 is 13.2 Å². The lowest BCUT2D eigenvalue weighted by molar-refractivity contribution is -0.139. The van der Waals surface area contributed by atoms with Crippen LogP contribution in [-0.2, 0) is 6.18 Å². The predicted octanol–water partition coefficient (Wildman–Crippen LogP) is 5.20. The van der Waals surface area contributed by atoms with Crippen LogP contribution in [0, 0.1) is 0 Å². The highest BCUT2D eigenvalue weighted by Gasteiger charge is 2.33. The van der Waals surface area contributed by atoms with E-state index < -0.39 is 11.7 Å². The number of rotatable bonds is 2. The van der Waals surface area contributed by atoms with Crippen molar-refractivity contribution in [3.05, 3.63) is 52.5 Å². The largest absolute Gasteiger partial charge is 0.417 e. The fourth-order valence-electron chi connectivity index (χ4n) is 1.50. The molecule has 0 aliphatic rings. The first-order valence-corrected chi connectivity index (χ1v) is 6.88. The Morgan fingerprint density at radius 3 is 2.32 bits per heavy atom. The molecule has 0 radical (unpaired) electrons. The molecule has 0 spiro atoms. The lowest BCUT2D eigenvalue weighted by Gasteiger charge is -2.13. The number of benzene rings is 2. The topological polar surface area (TPSA) is 26.0 Å².